The van der Waals surface area contributed by atoms with Gasteiger partial charge >= 0.3 is 0 Å². The van der Waals surface area contributed by atoms with Gasteiger partial charge in [0.05, 0.1) is 0 Å². The maximum Gasteiger partial charge on any atom is 0.129 e. The summed E-state index contributed by atoms with van der Waals surface area (Å²) in [6.45, 7) is 14.9. The Kier molecular flexibility index (Phi) is 7.85. The minimum Gasteiger partial charge on any atom is -0.206 e. The van der Waals surface area contributed by atoms with Gasteiger partial charge in [0.1, 0.15) is 5.82 Å². The fourth-order valence-corrected chi connectivity index (χ4v) is 2.69. The molecule has 0 radical (unpaired) electrons. The van der Waals surface area contributed by atoms with Crippen LogP contribution in [-0.4, -0.2) is 0 Å². The van der Waals surface area contributed by atoms with E-state index in [4.69, 9.17) is 0 Å². The van der Waals surface area contributed by atoms with E-state index in [1.54, 1.807) is 0 Å². The van der Waals surface area contributed by atoms with E-state index in [0.29, 0.717) is 11.8 Å². The van der Waals surface area contributed by atoms with Crippen molar-refractivity contribution in [1.29, 1.82) is 0 Å². The lowest BCUT2D eigenvalue weighted by Crippen LogP contribution is -2.01. The zero-order valence-electron chi connectivity index (χ0n) is 15.1. The first kappa shape index (κ1) is 18.9. The van der Waals surface area contributed by atoms with E-state index >= 15 is 0 Å². The number of unbranched alkanes of at least 4 members (excludes halogenated alkanes) is 1. The normalized spacial score (nSPS) is 11.5. The molecule has 0 N–H and O–H groups in total. The Morgan fingerprint density at radius 1 is 1.05 bits per heavy atom. The molecule has 0 heterocycles. The molecule has 0 aliphatic carbocycles. The summed E-state index contributed by atoms with van der Waals surface area (Å²) in [5, 5.41) is 0. The fraction of sp³-hybridized carbons (Fsp3) is 0.619. The van der Waals surface area contributed by atoms with Gasteiger partial charge in [0.15, 0.2) is 0 Å². The average molecular weight is 304 g/mol. The maximum absolute atomic E-state index is 14.6. The second kappa shape index (κ2) is 9.12. The smallest absolute Gasteiger partial charge is 0.129 e. The molecule has 0 spiro atoms. The zero-order valence-corrected chi connectivity index (χ0v) is 15.1. The summed E-state index contributed by atoms with van der Waals surface area (Å²) in [7, 11) is 0. The van der Waals surface area contributed by atoms with Crippen molar-refractivity contribution in [2.45, 2.75) is 73.1 Å². The Morgan fingerprint density at radius 3 is 2.18 bits per heavy atom. The Labute approximate surface area is 136 Å². The van der Waals surface area contributed by atoms with Gasteiger partial charge in [0, 0.05) is 0 Å². The van der Waals surface area contributed by atoms with Gasteiger partial charge in [-0.15, -0.1) is 0 Å². The molecule has 0 nitrogen and oxygen atoms in total. The first-order valence-electron chi connectivity index (χ1n) is 8.76. The standard InChI is InChI=1S/C21H33F/c1-15(2)11-12-20-14-17(5)13-19(21(20)22)10-8-7-9-18(6)16(3)4/h13-16H,6-12H2,1-5H3. The van der Waals surface area contributed by atoms with Crippen molar-refractivity contribution in [1.82, 2.24) is 0 Å². The summed E-state index contributed by atoms with van der Waals surface area (Å²) in [6.07, 6.45) is 5.94. The second-order valence-corrected chi connectivity index (χ2v) is 7.35. The molecule has 0 fully saturated rings. The third kappa shape index (κ3) is 6.34. The molecule has 0 amide bonds. The summed E-state index contributed by atoms with van der Waals surface area (Å²) in [6, 6.07) is 4.04. The predicted octanol–water partition coefficient (Wildman–Crippen LogP) is 6.65. The number of benzene rings is 1. The Morgan fingerprint density at radius 2 is 1.64 bits per heavy atom. The Balaban J connectivity index is 2.61. The molecule has 124 valence electrons. The van der Waals surface area contributed by atoms with Crippen molar-refractivity contribution in [3.63, 3.8) is 0 Å². The highest BCUT2D eigenvalue weighted by Gasteiger charge is 2.10. The number of hydrogen-bond donors (Lipinski definition) is 0. The second-order valence-electron chi connectivity index (χ2n) is 7.35. The first-order chi connectivity index (χ1) is 10.3. The Hall–Kier alpha value is -1.11. The molecule has 0 aromatic heterocycles. The van der Waals surface area contributed by atoms with Crippen LogP contribution in [0.2, 0.25) is 0 Å². The summed E-state index contributed by atoms with van der Waals surface area (Å²) < 4.78 is 14.6. The van der Waals surface area contributed by atoms with Crippen molar-refractivity contribution in [2.75, 3.05) is 0 Å². The highest BCUT2D eigenvalue weighted by Crippen LogP contribution is 2.22. The van der Waals surface area contributed by atoms with Gasteiger partial charge < -0.3 is 0 Å². The van der Waals surface area contributed by atoms with Crippen molar-refractivity contribution in [3.05, 3.63) is 46.8 Å². The Bertz CT molecular complexity index is 483. The van der Waals surface area contributed by atoms with Crippen LogP contribution in [0.4, 0.5) is 4.39 Å². The quantitative estimate of drug-likeness (QED) is 0.354. The minimum absolute atomic E-state index is 0.0361. The van der Waals surface area contributed by atoms with Crippen LogP contribution in [0.25, 0.3) is 0 Å². The van der Waals surface area contributed by atoms with Gasteiger partial charge in [-0.2, -0.15) is 0 Å². The van der Waals surface area contributed by atoms with E-state index in [9.17, 15) is 4.39 Å². The first-order valence-corrected chi connectivity index (χ1v) is 8.76. The number of halogens is 1. The molecular formula is C21H33F. The molecule has 0 atom stereocenters. The summed E-state index contributed by atoms with van der Waals surface area (Å²) >= 11 is 0. The topological polar surface area (TPSA) is 0 Å². The summed E-state index contributed by atoms with van der Waals surface area (Å²) in [4.78, 5) is 0. The monoisotopic (exact) mass is 304 g/mol. The highest BCUT2D eigenvalue weighted by atomic mass is 19.1. The molecule has 1 rings (SSSR count). The number of rotatable bonds is 9. The predicted molar refractivity (Wildman–Crippen MR) is 95.8 cm³/mol. The largest absolute Gasteiger partial charge is 0.206 e. The van der Waals surface area contributed by atoms with Crippen molar-refractivity contribution in [2.24, 2.45) is 11.8 Å². The summed E-state index contributed by atoms with van der Waals surface area (Å²) in [5.74, 6) is 1.21. The summed E-state index contributed by atoms with van der Waals surface area (Å²) in [5.41, 5.74) is 4.29. The van der Waals surface area contributed by atoms with Crippen molar-refractivity contribution < 1.29 is 4.39 Å². The van der Waals surface area contributed by atoms with Crippen molar-refractivity contribution in [3.8, 4) is 0 Å². The molecule has 0 unspecified atom stereocenters. The van der Waals surface area contributed by atoms with Gasteiger partial charge in [0.25, 0.3) is 0 Å². The molecule has 1 aromatic rings. The number of aryl methyl sites for hydroxylation is 3. The molecule has 1 aromatic carbocycles. The molecule has 0 saturated carbocycles. The van der Waals surface area contributed by atoms with Crippen LogP contribution in [0.5, 0.6) is 0 Å². The average Bonchev–Trinajstić information content (AvgIpc) is 2.44. The van der Waals surface area contributed by atoms with E-state index in [-0.39, 0.29) is 5.82 Å². The molecule has 0 aliphatic rings. The van der Waals surface area contributed by atoms with Gasteiger partial charge in [0.2, 0.25) is 0 Å². The molecule has 0 bridgehead atoms. The number of allylic oxidation sites excluding steroid dienone is 1. The molecule has 0 saturated heterocycles. The number of hydrogen-bond acceptors (Lipinski definition) is 0. The molecule has 0 aliphatic heterocycles. The lowest BCUT2D eigenvalue weighted by atomic mass is 9.94. The van der Waals surface area contributed by atoms with Crippen LogP contribution >= 0.6 is 0 Å². The van der Waals surface area contributed by atoms with E-state index in [1.807, 2.05) is 12.1 Å². The molecule has 1 heteroatoms. The van der Waals surface area contributed by atoms with Gasteiger partial charge in [-0.1, -0.05) is 57.5 Å². The molecule has 22 heavy (non-hydrogen) atoms. The SMILES string of the molecule is C=C(CCCCc1cc(C)cc(CCC(C)C)c1F)C(C)C. The fourth-order valence-electron chi connectivity index (χ4n) is 2.69. The third-order valence-corrected chi connectivity index (χ3v) is 4.37. The van der Waals surface area contributed by atoms with Gasteiger partial charge in [-0.05, 0) is 68.4 Å². The van der Waals surface area contributed by atoms with Crippen LogP contribution < -0.4 is 0 Å². The van der Waals surface area contributed by atoms with Crippen molar-refractivity contribution >= 4 is 0 Å². The van der Waals surface area contributed by atoms with E-state index < -0.39 is 0 Å². The molecular weight excluding hydrogens is 271 g/mol. The van der Waals surface area contributed by atoms with Crippen LogP contribution in [0.15, 0.2) is 24.3 Å². The zero-order chi connectivity index (χ0) is 16.7. The van der Waals surface area contributed by atoms with Gasteiger partial charge in [-0.25, -0.2) is 4.39 Å². The van der Waals surface area contributed by atoms with Crippen LogP contribution in [0, 0.1) is 24.6 Å². The van der Waals surface area contributed by atoms with E-state index in [1.165, 1.54) is 11.1 Å². The maximum atomic E-state index is 14.6. The highest BCUT2D eigenvalue weighted by molar-refractivity contribution is 5.31. The van der Waals surface area contributed by atoms with Crippen LogP contribution in [-0.2, 0) is 12.8 Å². The van der Waals surface area contributed by atoms with Gasteiger partial charge in [-0.3, -0.25) is 0 Å². The lowest BCUT2D eigenvalue weighted by molar-refractivity contribution is 0.547. The van der Waals surface area contributed by atoms with Crippen LogP contribution in [0.3, 0.4) is 0 Å². The minimum atomic E-state index is 0.0361. The van der Waals surface area contributed by atoms with E-state index in [0.717, 1.165) is 49.7 Å². The third-order valence-electron chi connectivity index (χ3n) is 4.37. The van der Waals surface area contributed by atoms with Crippen LogP contribution in [0.1, 0.15) is 70.1 Å². The lowest BCUT2D eigenvalue weighted by Gasteiger charge is -2.12. The van der Waals surface area contributed by atoms with E-state index in [2.05, 4.69) is 41.2 Å².